The Morgan fingerprint density at radius 1 is 1.32 bits per heavy atom. The number of ether oxygens (including phenoxy) is 1. The molecule has 0 unspecified atom stereocenters. The number of aryl methyl sites for hydroxylation is 1. The van der Waals surface area contributed by atoms with Crippen molar-refractivity contribution in [2.24, 2.45) is 0 Å². The summed E-state index contributed by atoms with van der Waals surface area (Å²) in [5, 5.41) is 7.05. The average Bonchev–Trinajstić information content (AvgIpc) is 3.00. The van der Waals surface area contributed by atoms with Gasteiger partial charge in [-0.1, -0.05) is 0 Å². The molecule has 3 rings (SSSR count). The number of hydrogen-bond acceptors (Lipinski definition) is 5. The normalized spacial score (nSPS) is 23.4. The van der Waals surface area contributed by atoms with Crippen LogP contribution in [0.4, 0.5) is 0 Å². The minimum absolute atomic E-state index is 0.172. The highest BCUT2D eigenvalue weighted by Crippen LogP contribution is 2.12. The lowest BCUT2D eigenvalue weighted by atomic mass is 10.2. The van der Waals surface area contributed by atoms with Gasteiger partial charge in [0.2, 0.25) is 5.91 Å². The van der Waals surface area contributed by atoms with Crippen molar-refractivity contribution in [2.75, 3.05) is 52.4 Å². The Kier molecular flexibility index (Phi) is 6.09. The van der Waals surface area contributed by atoms with Gasteiger partial charge in [0.15, 0.2) is 0 Å². The maximum atomic E-state index is 12.4. The van der Waals surface area contributed by atoms with Crippen molar-refractivity contribution in [1.82, 2.24) is 24.9 Å². The van der Waals surface area contributed by atoms with E-state index in [1.165, 1.54) is 0 Å². The number of aromatic amines is 1. The zero-order valence-electron chi connectivity index (χ0n) is 15.7. The van der Waals surface area contributed by atoms with Gasteiger partial charge in [0, 0.05) is 57.5 Å². The van der Waals surface area contributed by atoms with E-state index in [1.807, 2.05) is 17.9 Å². The lowest BCUT2D eigenvalue weighted by molar-refractivity contribution is -0.132. The minimum Gasteiger partial charge on any atom is -0.374 e. The van der Waals surface area contributed by atoms with Crippen LogP contribution in [0.25, 0.3) is 0 Å². The summed E-state index contributed by atoms with van der Waals surface area (Å²) in [6.45, 7) is 13.7. The predicted molar refractivity (Wildman–Crippen MR) is 96.5 cm³/mol. The Morgan fingerprint density at radius 3 is 2.72 bits per heavy atom. The van der Waals surface area contributed by atoms with Gasteiger partial charge in [-0.05, 0) is 26.8 Å². The molecule has 0 bridgehead atoms. The van der Waals surface area contributed by atoms with Crippen molar-refractivity contribution in [2.45, 2.75) is 39.3 Å². The number of morpholine rings is 1. The molecule has 0 aliphatic carbocycles. The first-order valence-corrected chi connectivity index (χ1v) is 9.38. The molecule has 0 saturated carbocycles. The first-order valence-electron chi connectivity index (χ1n) is 9.38. The molecular formula is C18H31N5O2. The maximum Gasteiger partial charge on any atom is 0.228 e. The fourth-order valence-corrected chi connectivity index (χ4v) is 3.62. The van der Waals surface area contributed by atoms with E-state index in [9.17, 15) is 4.79 Å². The van der Waals surface area contributed by atoms with E-state index in [-0.39, 0.29) is 12.0 Å². The molecule has 1 amide bonds. The first kappa shape index (κ1) is 18.4. The minimum atomic E-state index is 0.172. The molecule has 25 heavy (non-hydrogen) atoms. The number of nitrogens with one attached hydrogen (secondary N) is 1. The van der Waals surface area contributed by atoms with E-state index in [4.69, 9.17) is 4.74 Å². The van der Waals surface area contributed by atoms with Gasteiger partial charge in [0.25, 0.3) is 0 Å². The zero-order chi connectivity index (χ0) is 17.8. The smallest absolute Gasteiger partial charge is 0.228 e. The van der Waals surface area contributed by atoms with Gasteiger partial charge in [0.1, 0.15) is 0 Å². The van der Waals surface area contributed by atoms with Gasteiger partial charge >= 0.3 is 0 Å². The lowest BCUT2D eigenvalue weighted by Gasteiger charge is -2.40. The van der Waals surface area contributed by atoms with Crippen LogP contribution in [-0.4, -0.2) is 95.4 Å². The Labute approximate surface area is 150 Å². The fourth-order valence-electron chi connectivity index (χ4n) is 3.62. The van der Waals surface area contributed by atoms with Crippen LogP contribution in [0.3, 0.4) is 0 Å². The summed E-state index contributed by atoms with van der Waals surface area (Å²) in [5.74, 6) is 0.172. The molecule has 7 nitrogen and oxygen atoms in total. The topological polar surface area (TPSA) is 64.7 Å². The fraction of sp³-hybridized carbons (Fsp3) is 0.778. The van der Waals surface area contributed by atoms with Gasteiger partial charge in [-0.2, -0.15) is 5.10 Å². The molecule has 140 valence electrons. The van der Waals surface area contributed by atoms with E-state index >= 15 is 0 Å². The zero-order valence-corrected chi connectivity index (χ0v) is 15.7. The quantitative estimate of drug-likeness (QED) is 0.839. The van der Waals surface area contributed by atoms with Crippen LogP contribution in [0.15, 0.2) is 6.07 Å². The maximum absolute atomic E-state index is 12.4. The van der Waals surface area contributed by atoms with Crippen molar-refractivity contribution in [3.8, 4) is 0 Å². The summed E-state index contributed by atoms with van der Waals surface area (Å²) < 4.78 is 5.94. The third-order valence-electron chi connectivity index (χ3n) is 5.18. The molecule has 0 aromatic carbocycles. The summed E-state index contributed by atoms with van der Waals surface area (Å²) >= 11 is 0. The number of nitrogens with zero attached hydrogens (tertiary/aromatic N) is 4. The second-order valence-corrected chi connectivity index (χ2v) is 7.48. The molecule has 2 saturated heterocycles. The van der Waals surface area contributed by atoms with Crippen molar-refractivity contribution >= 4 is 5.91 Å². The molecule has 2 fully saturated rings. The average molecular weight is 349 g/mol. The number of hydrogen-bond donors (Lipinski definition) is 1. The molecule has 7 heteroatoms. The van der Waals surface area contributed by atoms with E-state index in [1.54, 1.807) is 0 Å². The largest absolute Gasteiger partial charge is 0.374 e. The molecule has 1 aromatic heterocycles. The van der Waals surface area contributed by atoms with Crippen LogP contribution in [0.1, 0.15) is 25.2 Å². The number of carbonyl (C=O) groups excluding carboxylic acids is 1. The van der Waals surface area contributed by atoms with Crippen LogP contribution < -0.4 is 0 Å². The summed E-state index contributed by atoms with van der Waals surface area (Å²) in [5.41, 5.74) is 1.82. The van der Waals surface area contributed by atoms with Crippen LogP contribution in [-0.2, 0) is 16.0 Å². The third-order valence-corrected chi connectivity index (χ3v) is 5.18. The summed E-state index contributed by atoms with van der Waals surface area (Å²) in [4.78, 5) is 19.3. The lowest BCUT2D eigenvalue weighted by Crippen LogP contribution is -2.54. The second kappa shape index (κ2) is 8.29. The number of aromatic nitrogens is 2. The second-order valence-electron chi connectivity index (χ2n) is 7.48. The van der Waals surface area contributed by atoms with Crippen molar-refractivity contribution in [3.63, 3.8) is 0 Å². The van der Waals surface area contributed by atoms with Gasteiger partial charge in [-0.15, -0.1) is 0 Å². The number of piperazine rings is 1. The monoisotopic (exact) mass is 349 g/mol. The van der Waals surface area contributed by atoms with Crippen molar-refractivity contribution in [1.29, 1.82) is 0 Å². The first-order chi connectivity index (χ1) is 12.0. The third kappa shape index (κ3) is 5.03. The molecule has 2 aliphatic heterocycles. The number of amides is 1. The summed E-state index contributed by atoms with van der Waals surface area (Å²) in [7, 11) is 0. The molecule has 1 atom stereocenters. The van der Waals surface area contributed by atoms with Crippen LogP contribution >= 0.6 is 0 Å². The van der Waals surface area contributed by atoms with Gasteiger partial charge in [-0.25, -0.2) is 0 Å². The number of H-pyrrole nitrogens is 1. The highest BCUT2D eigenvalue weighted by Gasteiger charge is 2.27. The van der Waals surface area contributed by atoms with Gasteiger partial charge in [0.05, 0.1) is 24.8 Å². The highest BCUT2D eigenvalue weighted by atomic mass is 16.5. The standard InChI is InChI=1S/C18H31N5O2/c1-14(2)23-8-9-25-17(13-23)12-21-4-6-22(7-5-21)18(24)11-16-10-15(3)19-20-16/h10,14,17H,4-9,11-13H2,1-3H3,(H,19,20)/t17-/m1/s1. The molecule has 2 aliphatic rings. The summed E-state index contributed by atoms with van der Waals surface area (Å²) in [6.07, 6.45) is 0.671. The molecule has 0 radical (unpaired) electrons. The van der Waals surface area contributed by atoms with Crippen LogP contribution in [0.2, 0.25) is 0 Å². The molecule has 3 heterocycles. The van der Waals surface area contributed by atoms with Crippen LogP contribution in [0.5, 0.6) is 0 Å². The van der Waals surface area contributed by atoms with Gasteiger partial charge < -0.3 is 9.64 Å². The Morgan fingerprint density at radius 2 is 2.08 bits per heavy atom. The molecule has 1 aromatic rings. The predicted octanol–water partition coefficient (Wildman–Crippen LogP) is 0.514. The number of rotatable bonds is 5. The van der Waals surface area contributed by atoms with E-state index < -0.39 is 0 Å². The Balaban J connectivity index is 1.41. The molecule has 1 N–H and O–H groups in total. The van der Waals surface area contributed by atoms with Gasteiger partial charge in [-0.3, -0.25) is 19.7 Å². The number of carbonyl (C=O) groups is 1. The van der Waals surface area contributed by atoms with E-state index in [0.29, 0.717) is 12.5 Å². The van der Waals surface area contributed by atoms with E-state index in [0.717, 1.165) is 63.8 Å². The SMILES string of the molecule is Cc1cc(CC(=O)N2CCN(C[C@@H]3CN(C(C)C)CCO3)CC2)n[nH]1. The van der Waals surface area contributed by atoms with Crippen LogP contribution in [0, 0.1) is 6.92 Å². The van der Waals surface area contributed by atoms with Crippen molar-refractivity contribution < 1.29 is 9.53 Å². The Bertz CT molecular complexity index is 566. The van der Waals surface area contributed by atoms with Crippen molar-refractivity contribution in [3.05, 3.63) is 17.5 Å². The summed E-state index contributed by atoms with van der Waals surface area (Å²) in [6, 6.07) is 2.52. The molecular weight excluding hydrogens is 318 g/mol. The Hall–Kier alpha value is -1.44. The molecule has 0 spiro atoms. The highest BCUT2D eigenvalue weighted by molar-refractivity contribution is 5.78. The van der Waals surface area contributed by atoms with E-state index in [2.05, 4.69) is 33.8 Å².